The maximum atomic E-state index is 11.5. The number of hydrogen-bond donors (Lipinski definition) is 0. The first-order valence-corrected chi connectivity index (χ1v) is 8.23. The van der Waals surface area contributed by atoms with Crippen molar-refractivity contribution in [2.45, 2.75) is 38.2 Å². The molecule has 0 spiro atoms. The monoisotopic (exact) mass is 323 g/mol. The van der Waals surface area contributed by atoms with Crippen molar-refractivity contribution in [1.82, 2.24) is 0 Å². The second-order valence-electron chi connectivity index (χ2n) is 6.42. The van der Waals surface area contributed by atoms with Crippen LogP contribution in [-0.2, 0) is 6.42 Å². The molecule has 4 rings (SSSR count). The number of non-ortho nitro benzene ring substituents is 1. The van der Waals surface area contributed by atoms with E-state index in [1.807, 2.05) is 6.07 Å². The average Bonchev–Trinajstić information content (AvgIpc) is 3.22. The van der Waals surface area contributed by atoms with E-state index in [1.54, 1.807) is 18.2 Å². The number of carbonyl (C=O) groups excluding carboxylic acids is 1. The first-order chi connectivity index (χ1) is 11.7. The zero-order chi connectivity index (χ0) is 16.7. The van der Waals surface area contributed by atoms with Gasteiger partial charge in [0.15, 0.2) is 6.29 Å². The van der Waals surface area contributed by atoms with E-state index in [2.05, 4.69) is 0 Å². The Morgan fingerprint density at radius 1 is 1.17 bits per heavy atom. The smallest absolute Gasteiger partial charge is 0.270 e. The fourth-order valence-electron chi connectivity index (χ4n) is 3.79. The summed E-state index contributed by atoms with van der Waals surface area (Å²) in [6.45, 7) is 0. The molecule has 0 N–H and O–H groups in total. The van der Waals surface area contributed by atoms with Crippen molar-refractivity contribution in [3.63, 3.8) is 0 Å². The van der Waals surface area contributed by atoms with Gasteiger partial charge in [-0.05, 0) is 54.5 Å². The van der Waals surface area contributed by atoms with Crippen molar-refractivity contribution in [3.8, 4) is 16.9 Å². The van der Waals surface area contributed by atoms with Crippen molar-refractivity contribution >= 4 is 12.0 Å². The Kier molecular flexibility index (Phi) is 3.56. The first kappa shape index (κ1) is 14.9. The van der Waals surface area contributed by atoms with Gasteiger partial charge in [-0.3, -0.25) is 14.9 Å². The Hall–Kier alpha value is -2.69. The summed E-state index contributed by atoms with van der Waals surface area (Å²) in [4.78, 5) is 22.1. The van der Waals surface area contributed by atoms with Gasteiger partial charge in [-0.2, -0.15) is 0 Å². The van der Waals surface area contributed by atoms with Crippen molar-refractivity contribution in [1.29, 1.82) is 0 Å². The van der Waals surface area contributed by atoms with Crippen LogP contribution >= 0.6 is 0 Å². The van der Waals surface area contributed by atoms with E-state index in [4.69, 9.17) is 4.74 Å². The van der Waals surface area contributed by atoms with Crippen LogP contribution in [0, 0.1) is 10.1 Å². The molecule has 0 unspecified atom stereocenters. The highest BCUT2D eigenvalue weighted by molar-refractivity contribution is 5.94. The zero-order valence-corrected chi connectivity index (χ0v) is 13.2. The van der Waals surface area contributed by atoms with Crippen molar-refractivity contribution in [2.75, 3.05) is 0 Å². The summed E-state index contributed by atoms with van der Waals surface area (Å²) < 4.78 is 6.18. The molecule has 0 atom stereocenters. The molecule has 2 aliphatic rings. The van der Waals surface area contributed by atoms with Gasteiger partial charge < -0.3 is 4.74 Å². The third-order valence-corrected chi connectivity index (χ3v) is 4.97. The number of carbonyl (C=O) groups is 1. The number of benzene rings is 2. The lowest BCUT2D eigenvalue weighted by Gasteiger charge is -2.17. The Morgan fingerprint density at radius 2 is 1.96 bits per heavy atom. The molecule has 0 heterocycles. The second kappa shape index (κ2) is 5.74. The van der Waals surface area contributed by atoms with Gasteiger partial charge in [-0.25, -0.2) is 0 Å². The maximum absolute atomic E-state index is 11.5. The minimum Gasteiger partial charge on any atom is -0.490 e. The third kappa shape index (κ3) is 2.37. The van der Waals surface area contributed by atoms with Crippen LogP contribution in [0.2, 0.25) is 0 Å². The number of nitro benzene ring substituents is 1. The van der Waals surface area contributed by atoms with Crippen LogP contribution in [-0.4, -0.2) is 17.3 Å². The number of nitrogens with zero attached hydrogens (tertiary/aromatic N) is 1. The van der Waals surface area contributed by atoms with Gasteiger partial charge in [0.2, 0.25) is 0 Å². The van der Waals surface area contributed by atoms with Gasteiger partial charge in [0.1, 0.15) is 5.75 Å². The molecule has 0 amide bonds. The quantitative estimate of drug-likeness (QED) is 0.408. The highest BCUT2D eigenvalue weighted by atomic mass is 16.6. The molecule has 0 aliphatic heterocycles. The normalized spacial score (nSPS) is 15.8. The van der Waals surface area contributed by atoms with Gasteiger partial charge in [0.05, 0.1) is 11.0 Å². The van der Waals surface area contributed by atoms with Gasteiger partial charge in [0, 0.05) is 29.7 Å². The van der Waals surface area contributed by atoms with Gasteiger partial charge in [-0.1, -0.05) is 6.07 Å². The summed E-state index contributed by atoms with van der Waals surface area (Å²) in [5, 5.41) is 11.1. The maximum Gasteiger partial charge on any atom is 0.270 e. The second-order valence-corrected chi connectivity index (χ2v) is 6.42. The number of aldehydes is 1. The number of rotatable bonds is 4. The van der Waals surface area contributed by atoms with Gasteiger partial charge >= 0.3 is 0 Å². The van der Waals surface area contributed by atoms with Crippen molar-refractivity contribution in [2.24, 2.45) is 0 Å². The molecule has 5 nitrogen and oxygen atoms in total. The molecular weight excluding hydrogens is 306 g/mol. The Morgan fingerprint density at radius 3 is 2.67 bits per heavy atom. The number of ether oxygens (including phenoxy) is 1. The van der Waals surface area contributed by atoms with Crippen LogP contribution in [0.4, 0.5) is 5.69 Å². The predicted octanol–water partition coefficient (Wildman–Crippen LogP) is 4.30. The highest BCUT2D eigenvalue weighted by Gasteiger charge is 2.28. The molecule has 2 aromatic carbocycles. The molecule has 1 saturated carbocycles. The van der Waals surface area contributed by atoms with E-state index in [9.17, 15) is 14.9 Å². The van der Waals surface area contributed by atoms with Crippen molar-refractivity contribution in [3.05, 3.63) is 57.1 Å². The first-order valence-electron chi connectivity index (χ1n) is 8.23. The predicted molar refractivity (Wildman–Crippen MR) is 89.6 cm³/mol. The van der Waals surface area contributed by atoms with Crippen LogP contribution < -0.4 is 4.74 Å². The lowest BCUT2D eigenvalue weighted by Crippen LogP contribution is -2.12. The molecule has 5 heteroatoms. The lowest BCUT2D eigenvalue weighted by molar-refractivity contribution is -0.384. The molecular formula is C19H17NO4. The van der Waals surface area contributed by atoms with E-state index >= 15 is 0 Å². The third-order valence-electron chi connectivity index (χ3n) is 4.97. The number of hydrogen-bond acceptors (Lipinski definition) is 4. The molecule has 1 fully saturated rings. The summed E-state index contributed by atoms with van der Waals surface area (Å²) in [5.74, 6) is 0.807. The molecule has 0 saturated heterocycles. The summed E-state index contributed by atoms with van der Waals surface area (Å²) in [5.41, 5.74) is 4.14. The van der Waals surface area contributed by atoms with E-state index in [1.165, 1.54) is 18.9 Å². The Labute approximate surface area is 139 Å². The summed E-state index contributed by atoms with van der Waals surface area (Å²) in [7, 11) is 0. The number of nitro groups is 1. The lowest BCUT2D eigenvalue weighted by atomic mass is 9.99. The minimum atomic E-state index is -0.405. The molecule has 24 heavy (non-hydrogen) atoms. The molecule has 0 bridgehead atoms. The van der Waals surface area contributed by atoms with Crippen LogP contribution in [0.15, 0.2) is 30.3 Å². The molecule has 0 aromatic heterocycles. The van der Waals surface area contributed by atoms with E-state index in [-0.39, 0.29) is 11.8 Å². The zero-order valence-electron chi connectivity index (χ0n) is 13.2. The van der Waals surface area contributed by atoms with Gasteiger partial charge in [-0.15, -0.1) is 0 Å². The number of fused-ring (bicyclic) bond motifs is 3. The molecule has 2 aliphatic carbocycles. The van der Waals surface area contributed by atoms with Crippen LogP contribution in [0.3, 0.4) is 0 Å². The molecule has 0 radical (unpaired) electrons. The van der Waals surface area contributed by atoms with E-state index < -0.39 is 4.92 Å². The standard InChI is InChI=1S/C19H17NO4/c21-11-13-6-8-18(24-15-3-1-2-4-15)17-9-12-5-7-14(20(22)23)10-16(12)19(13)17/h5-8,10-11,15H,1-4,9H2. The highest BCUT2D eigenvalue weighted by Crippen LogP contribution is 2.45. The topological polar surface area (TPSA) is 69.4 Å². The molecule has 122 valence electrons. The SMILES string of the molecule is O=Cc1ccc(OC2CCCC2)c2c1-c1cc([N+](=O)[O-])ccc1C2. The van der Waals surface area contributed by atoms with Crippen molar-refractivity contribution < 1.29 is 14.5 Å². The fraction of sp³-hybridized carbons (Fsp3) is 0.316. The van der Waals surface area contributed by atoms with Crippen LogP contribution in [0.25, 0.3) is 11.1 Å². The fourth-order valence-corrected chi connectivity index (χ4v) is 3.79. The largest absolute Gasteiger partial charge is 0.490 e. The van der Waals surface area contributed by atoms with Crippen LogP contribution in [0.5, 0.6) is 5.75 Å². The average molecular weight is 323 g/mol. The Balaban J connectivity index is 1.82. The molecule has 2 aromatic rings. The van der Waals surface area contributed by atoms with E-state index in [0.717, 1.165) is 47.1 Å². The van der Waals surface area contributed by atoms with E-state index in [0.29, 0.717) is 12.0 Å². The Bertz CT molecular complexity index is 838. The minimum absolute atomic E-state index is 0.0422. The summed E-state index contributed by atoms with van der Waals surface area (Å²) in [6.07, 6.45) is 6.18. The summed E-state index contributed by atoms with van der Waals surface area (Å²) in [6, 6.07) is 8.48. The van der Waals surface area contributed by atoms with Gasteiger partial charge in [0.25, 0.3) is 5.69 Å². The summed E-state index contributed by atoms with van der Waals surface area (Å²) >= 11 is 0. The van der Waals surface area contributed by atoms with Crippen LogP contribution in [0.1, 0.15) is 47.2 Å².